The highest BCUT2D eigenvalue weighted by Crippen LogP contribution is 2.16. The third-order valence-corrected chi connectivity index (χ3v) is 26.5. The average Bonchev–Trinajstić information content (AvgIpc) is 1.31. The Morgan fingerprint density at radius 1 is 1.14 bits per heavy atom. The Labute approximate surface area is 63.2 Å². The first kappa shape index (κ1) is 8.39. The molecule has 0 heterocycles. The normalized spacial score (nSPS) is 12.9. The van der Waals surface area contributed by atoms with Gasteiger partial charge in [0, 0.05) is 0 Å². The summed E-state index contributed by atoms with van der Waals surface area (Å²) in [5.41, 5.74) is -0.286. The van der Waals surface area contributed by atoms with Crippen LogP contribution in [0.5, 0.6) is 0 Å². The van der Waals surface area contributed by atoms with Gasteiger partial charge < -0.3 is 0 Å². The van der Waals surface area contributed by atoms with Crippen molar-refractivity contribution in [2.24, 2.45) is 0 Å². The summed E-state index contributed by atoms with van der Waals surface area (Å²) in [7, 11) is -0.799. The molecule has 0 spiro atoms. The topological polar surface area (TPSA) is 0 Å². The molecular weight excluding hydrogens is 252 g/mol. The maximum absolute atomic E-state index is 3.58. The van der Waals surface area contributed by atoms with Crippen LogP contribution in [0.25, 0.3) is 0 Å². The Morgan fingerprint density at radius 3 is 1.29 bits per heavy atom. The van der Waals surface area contributed by atoms with Crippen molar-refractivity contribution in [3.8, 4) is 0 Å². The highest BCUT2D eigenvalue weighted by atomic mass is 79.9. The van der Waals surface area contributed by atoms with Crippen LogP contribution >= 0.6 is 30.6 Å². The molecule has 0 saturated heterocycles. The van der Waals surface area contributed by atoms with E-state index in [9.17, 15) is 0 Å². The number of hydrogen-bond donors (Lipinski definition) is 0. The standard InChI is InChI=1S/C3H9Br2Si2/c1-7(2,3)6(4)5/h1-3H3. The van der Waals surface area contributed by atoms with Crippen molar-refractivity contribution in [1.29, 1.82) is 0 Å². The van der Waals surface area contributed by atoms with Gasteiger partial charge in [0.15, 0.2) is 0 Å². The smallest absolute Gasteiger partial charge is 0.116 e. The van der Waals surface area contributed by atoms with Crippen LogP contribution in [0.1, 0.15) is 0 Å². The summed E-state index contributed by atoms with van der Waals surface area (Å²) in [6, 6.07) is 0. The van der Waals surface area contributed by atoms with Crippen molar-refractivity contribution in [2.75, 3.05) is 0 Å². The molecule has 4 heteroatoms. The second-order valence-corrected chi connectivity index (χ2v) is 25.9. The van der Waals surface area contributed by atoms with E-state index in [4.69, 9.17) is 0 Å². The van der Waals surface area contributed by atoms with E-state index < -0.39 is 7.59 Å². The fourth-order valence-electron chi connectivity index (χ4n) is 0. The molecule has 0 N–H and O–H groups in total. The van der Waals surface area contributed by atoms with Crippen LogP contribution in [-0.4, -0.2) is 13.1 Å². The largest absolute Gasteiger partial charge is 0.203 e. The van der Waals surface area contributed by atoms with Crippen molar-refractivity contribution >= 4 is 43.7 Å². The molecule has 43 valence electrons. The van der Waals surface area contributed by atoms with Gasteiger partial charge in [0.2, 0.25) is 5.55 Å². The summed E-state index contributed by atoms with van der Waals surface area (Å²) in [5.74, 6) is 0. The molecule has 0 rings (SSSR count). The van der Waals surface area contributed by atoms with Gasteiger partial charge in [-0.05, 0) is 0 Å². The molecule has 0 aliphatic rings. The molecule has 1 radical (unpaired) electrons. The summed E-state index contributed by atoms with van der Waals surface area (Å²) in [6.45, 7) is 7.06. The zero-order chi connectivity index (χ0) is 6.08. The van der Waals surface area contributed by atoms with E-state index in [1.54, 1.807) is 0 Å². The maximum atomic E-state index is 3.58. The predicted molar refractivity (Wildman–Crippen MR) is 47.0 cm³/mol. The van der Waals surface area contributed by atoms with Crippen molar-refractivity contribution in [1.82, 2.24) is 0 Å². The number of rotatable bonds is 1. The zero-order valence-corrected chi connectivity index (χ0v) is 9.93. The number of hydrogen-bond acceptors (Lipinski definition) is 0. The molecule has 0 aliphatic carbocycles. The Kier molecular flexibility index (Phi) is 3.35. The molecule has 7 heavy (non-hydrogen) atoms. The van der Waals surface area contributed by atoms with Gasteiger partial charge in [0.25, 0.3) is 0 Å². The third-order valence-electron chi connectivity index (χ3n) is 0.567. The van der Waals surface area contributed by atoms with Gasteiger partial charge >= 0.3 is 0 Å². The summed E-state index contributed by atoms with van der Waals surface area (Å²) in [5, 5.41) is 0. The molecule has 0 aromatic carbocycles. The molecule has 0 amide bonds. The fourth-order valence-corrected chi connectivity index (χ4v) is 0. The van der Waals surface area contributed by atoms with Crippen molar-refractivity contribution < 1.29 is 0 Å². The van der Waals surface area contributed by atoms with Crippen molar-refractivity contribution in [3.05, 3.63) is 0 Å². The van der Waals surface area contributed by atoms with E-state index >= 15 is 0 Å². The molecule has 0 fully saturated rings. The highest BCUT2D eigenvalue weighted by Gasteiger charge is 2.23. The third kappa shape index (κ3) is 3.93. The second-order valence-electron chi connectivity index (χ2n) is 2.51. The minimum Gasteiger partial charge on any atom is -0.116 e. The Hall–Kier alpha value is 1.39. The van der Waals surface area contributed by atoms with Gasteiger partial charge in [-0.15, -0.1) is 30.6 Å². The van der Waals surface area contributed by atoms with Gasteiger partial charge in [-0.3, -0.25) is 0 Å². The first-order chi connectivity index (χ1) is 2.94. The van der Waals surface area contributed by atoms with E-state index in [2.05, 4.69) is 50.2 Å². The first-order valence-electron chi connectivity index (χ1n) is 2.13. The SMILES string of the molecule is C[Si](C)(C)[Si](Br)Br. The molecule has 0 atom stereocenters. The minimum atomic E-state index is -0.799. The maximum Gasteiger partial charge on any atom is 0.203 e. The lowest BCUT2D eigenvalue weighted by Crippen LogP contribution is -2.32. The van der Waals surface area contributed by atoms with Crippen LogP contribution in [0.3, 0.4) is 0 Å². The summed E-state index contributed by atoms with van der Waals surface area (Å²) in [4.78, 5) is 0. The van der Waals surface area contributed by atoms with E-state index in [-0.39, 0.29) is 5.55 Å². The van der Waals surface area contributed by atoms with Crippen LogP contribution < -0.4 is 0 Å². The highest BCUT2D eigenvalue weighted by molar-refractivity contribution is 9.51. The van der Waals surface area contributed by atoms with Crippen LogP contribution in [0, 0.1) is 0 Å². The first-order valence-corrected chi connectivity index (χ1v) is 12.6. The van der Waals surface area contributed by atoms with Crippen LogP contribution in [0.4, 0.5) is 0 Å². The lowest BCUT2D eigenvalue weighted by atomic mass is 11.8. The summed E-state index contributed by atoms with van der Waals surface area (Å²) in [6.07, 6.45) is 0. The fraction of sp³-hybridized carbons (Fsp3) is 1.00. The average molecular weight is 261 g/mol. The van der Waals surface area contributed by atoms with Gasteiger partial charge in [-0.25, -0.2) is 0 Å². The van der Waals surface area contributed by atoms with Gasteiger partial charge in [-0.2, -0.15) is 0 Å². The van der Waals surface area contributed by atoms with Crippen LogP contribution in [-0.2, 0) is 0 Å². The summed E-state index contributed by atoms with van der Waals surface area (Å²) < 4.78 is 0. The Morgan fingerprint density at radius 2 is 1.29 bits per heavy atom. The summed E-state index contributed by atoms with van der Waals surface area (Å²) >= 11 is 7.15. The van der Waals surface area contributed by atoms with Crippen LogP contribution in [0.2, 0.25) is 19.6 Å². The molecule has 0 bridgehead atoms. The van der Waals surface area contributed by atoms with Crippen LogP contribution in [0.15, 0.2) is 0 Å². The lowest BCUT2D eigenvalue weighted by molar-refractivity contribution is 1.86. The van der Waals surface area contributed by atoms with E-state index in [0.29, 0.717) is 0 Å². The molecule has 0 aromatic rings. The molecule has 0 aliphatic heterocycles. The Bertz CT molecular complexity index is 56.4. The van der Waals surface area contributed by atoms with Gasteiger partial charge in [-0.1, -0.05) is 19.6 Å². The zero-order valence-electron chi connectivity index (χ0n) is 4.76. The Balaban J connectivity index is 3.54. The molecule has 0 saturated carbocycles. The van der Waals surface area contributed by atoms with Crippen molar-refractivity contribution in [2.45, 2.75) is 19.6 Å². The van der Waals surface area contributed by atoms with Gasteiger partial charge in [0.05, 0.1) is 7.59 Å². The lowest BCUT2D eigenvalue weighted by Gasteiger charge is -2.13. The molecule has 0 aromatic heterocycles. The van der Waals surface area contributed by atoms with E-state index in [1.165, 1.54) is 0 Å². The number of halogens is 2. The predicted octanol–water partition coefficient (Wildman–Crippen LogP) is 2.68. The molecular formula is C3H9Br2Si2. The molecule has 0 nitrogen and oxygen atoms in total. The van der Waals surface area contributed by atoms with E-state index in [0.717, 1.165) is 0 Å². The second kappa shape index (κ2) is 2.80. The van der Waals surface area contributed by atoms with Gasteiger partial charge in [0.1, 0.15) is 0 Å². The monoisotopic (exact) mass is 259 g/mol. The van der Waals surface area contributed by atoms with E-state index in [1.807, 2.05) is 0 Å². The quantitative estimate of drug-likeness (QED) is 0.503. The minimum absolute atomic E-state index is 0.286. The van der Waals surface area contributed by atoms with Crippen molar-refractivity contribution in [3.63, 3.8) is 0 Å². The molecule has 0 unspecified atom stereocenters.